The Kier molecular flexibility index (Phi) is 13.6. The lowest BCUT2D eigenvalue weighted by Gasteiger charge is -2.58. The molecule has 0 radical (unpaired) electrons. The van der Waals surface area contributed by atoms with E-state index in [1.165, 1.54) is 51.4 Å². The third kappa shape index (κ3) is 9.60. The molecule has 4 aliphatic rings. The molecule has 48 heavy (non-hydrogen) atoms. The molecule has 0 heterocycles. The van der Waals surface area contributed by atoms with E-state index in [0.717, 1.165) is 67.6 Å². The molecule has 1 N–H and O–H groups in total. The standard InChI is InChI=1S/C42H75NO5/c1-29(2)13-12-14-30(3)35-17-18-36-34-16-15-31-25-32(19-21-41(31,8)37(34)20-22-42(35,36)9)48-38(44)43-28-39(4,5)23-24-47-40(6,7)26-33(46-11)27-45-10/h15,29-30,32-37H,12-14,16-28H2,1-11H3,(H,43,44). The van der Waals surface area contributed by atoms with Gasteiger partial charge in [-0.05, 0) is 117 Å². The summed E-state index contributed by atoms with van der Waals surface area (Å²) in [5, 5.41) is 3.09. The number of methoxy groups -OCH3 is 2. The molecule has 3 saturated carbocycles. The van der Waals surface area contributed by atoms with Gasteiger partial charge in [0.2, 0.25) is 0 Å². The second kappa shape index (κ2) is 16.5. The monoisotopic (exact) mass is 674 g/mol. The van der Waals surface area contributed by atoms with Gasteiger partial charge in [-0.25, -0.2) is 4.79 Å². The van der Waals surface area contributed by atoms with Gasteiger partial charge in [0.05, 0.1) is 18.3 Å². The predicted molar refractivity (Wildman–Crippen MR) is 197 cm³/mol. The van der Waals surface area contributed by atoms with Crippen molar-refractivity contribution in [2.24, 2.45) is 51.8 Å². The minimum absolute atomic E-state index is 0.00878. The van der Waals surface area contributed by atoms with Crippen LogP contribution in [-0.4, -0.2) is 57.9 Å². The van der Waals surface area contributed by atoms with Gasteiger partial charge in [0.25, 0.3) is 0 Å². The number of carbonyl (C=O) groups is 1. The third-order valence-corrected chi connectivity index (χ3v) is 13.9. The first-order chi connectivity index (χ1) is 22.5. The molecule has 0 aliphatic heterocycles. The lowest BCUT2D eigenvalue weighted by molar-refractivity contribution is -0.0771. The molecule has 9 unspecified atom stereocenters. The first kappa shape index (κ1) is 39.7. The summed E-state index contributed by atoms with van der Waals surface area (Å²) in [6, 6.07) is 0. The smallest absolute Gasteiger partial charge is 0.407 e. The van der Waals surface area contributed by atoms with Gasteiger partial charge >= 0.3 is 6.09 Å². The van der Waals surface area contributed by atoms with Crippen LogP contribution in [0.2, 0.25) is 0 Å². The molecule has 6 heteroatoms. The SMILES string of the molecule is COCC(CC(C)(C)OCCC(C)(C)CNC(=O)OC1CCC2(C)C(=CCC3C2CCC2(C)C(C(C)CCCC(C)C)CCC32)C1)OC. The van der Waals surface area contributed by atoms with Gasteiger partial charge in [0.1, 0.15) is 6.10 Å². The number of carbonyl (C=O) groups excluding carboxylic acids is 1. The molecule has 0 bridgehead atoms. The van der Waals surface area contributed by atoms with Crippen LogP contribution in [0.3, 0.4) is 0 Å². The summed E-state index contributed by atoms with van der Waals surface area (Å²) in [6.07, 6.45) is 18.0. The Bertz CT molecular complexity index is 1070. The van der Waals surface area contributed by atoms with E-state index < -0.39 is 0 Å². The van der Waals surface area contributed by atoms with Crippen molar-refractivity contribution in [2.45, 2.75) is 164 Å². The Hall–Kier alpha value is -1.11. The zero-order chi connectivity index (χ0) is 35.3. The molecule has 0 aromatic heterocycles. The maximum absolute atomic E-state index is 13.0. The number of ether oxygens (including phenoxy) is 4. The van der Waals surface area contributed by atoms with Crippen molar-refractivity contribution in [3.05, 3.63) is 11.6 Å². The summed E-state index contributed by atoms with van der Waals surface area (Å²) in [6.45, 7) is 22.8. The van der Waals surface area contributed by atoms with Crippen LogP contribution < -0.4 is 5.32 Å². The quantitative estimate of drug-likeness (QED) is 0.156. The van der Waals surface area contributed by atoms with Crippen LogP contribution in [0.25, 0.3) is 0 Å². The van der Waals surface area contributed by atoms with Gasteiger partial charge in [-0.3, -0.25) is 0 Å². The maximum Gasteiger partial charge on any atom is 0.407 e. The highest BCUT2D eigenvalue weighted by Crippen LogP contribution is 2.67. The van der Waals surface area contributed by atoms with Crippen LogP contribution in [-0.2, 0) is 18.9 Å². The summed E-state index contributed by atoms with van der Waals surface area (Å²) >= 11 is 0. The Balaban J connectivity index is 1.24. The first-order valence-corrected chi connectivity index (χ1v) is 19.8. The van der Waals surface area contributed by atoms with E-state index in [9.17, 15) is 4.79 Å². The number of amides is 1. The molecule has 6 nitrogen and oxygen atoms in total. The summed E-state index contributed by atoms with van der Waals surface area (Å²) in [4.78, 5) is 13.0. The number of alkyl carbamates (subject to hydrolysis) is 1. The van der Waals surface area contributed by atoms with Crippen LogP contribution >= 0.6 is 0 Å². The molecule has 0 aromatic carbocycles. The van der Waals surface area contributed by atoms with Crippen molar-refractivity contribution in [2.75, 3.05) is 34.0 Å². The van der Waals surface area contributed by atoms with Gasteiger partial charge in [-0.1, -0.05) is 79.4 Å². The molecule has 3 fully saturated rings. The van der Waals surface area contributed by atoms with Crippen molar-refractivity contribution in [3.63, 3.8) is 0 Å². The van der Waals surface area contributed by atoms with Crippen LogP contribution in [0.1, 0.15) is 146 Å². The number of rotatable bonds is 17. The molecule has 1 amide bonds. The second-order valence-electron chi connectivity index (χ2n) is 19.0. The van der Waals surface area contributed by atoms with E-state index in [0.29, 0.717) is 25.2 Å². The predicted octanol–water partition coefficient (Wildman–Crippen LogP) is 10.4. The number of hydrogen-bond donors (Lipinski definition) is 1. The topological polar surface area (TPSA) is 66.0 Å². The Morgan fingerprint density at radius 3 is 2.44 bits per heavy atom. The summed E-state index contributed by atoms with van der Waals surface area (Å²) in [5.74, 6) is 5.06. The van der Waals surface area contributed by atoms with Gasteiger partial charge in [-0.2, -0.15) is 0 Å². The molecule has 9 atom stereocenters. The van der Waals surface area contributed by atoms with Crippen molar-refractivity contribution >= 4 is 6.09 Å². The van der Waals surface area contributed by atoms with Crippen molar-refractivity contribution in [3.8, 4) is 0 Å². The molecule has 278 valence electrons. The molecule has 4 rings (SSSR count). The van der Waals surface area contributed by atoms with E-state index in [-0.39, 0.29) is 34.7 Å². The molecule has 0 aromatic rings. The Morgan fingerprint density at radius 2 is 1.75 bits per heavy atom. The largest absolute Gasteiger partial charge is 0.446 e. The lowest BCUT2D eigenvalue weighted by Crippen LogP contribution is -2.51. The van der Waals surface area contributed by atoms with Gasteiger partial charge in [0.15, 0.2) is 0 Å². The third-order valence-electron chi connectivity index (χ3n) is 13.9. The lowest BCUT2D eigenvalue weighted by atomic mass is 9.47. The van der Waals surface area contributed by atoms with Crippen LogP contribution in [0.15, 0.2) is 11.6 Å². The van der Waals surface area contributed by atoms with Crippen LogP contribution in [0, 0.1) is 51.8 Å². The Labute approximate surface area is 295 Å². The summed E-state index contributed by atoms with van der Waals surface area (Å²) in [7, 11) is 3.41. The number of nitrogens with one attached hydrogen (secondary N) is 1. The number of fused-ring (bicyclic) bond motifs is 5. The van der Waals surface area contributed by atoms with E-state index in [1.54, 1.807) is 19.8 Å². The summed E-state index contributed by atoms with van der Waals surface area (Å²) in [5.41, 5.74) is 1.95. The fraction of sp³-hybridized carbons (Fsp3) is 0.929. The maximum atomic E-state index is 13.0. The van der Waals surface area contributed by atoms with Gasteiger partial charge in [-0.15, -0.1) is 0 Å². The highest BCUT2D eigenvalue weighted by Gasteiger charge is 2.59. The highest BCUT2D eigenvalue weighted by atomic mass is 16.6. The fourth-order valence-electron chi connectivity index (χ4n) is 11.0. The molecule has 4 aliphatic carbocycles. The van der Waals surface area contributed by atoms with Gasteiger partial charge in [0, 0.05) is 40.2 Å². The summed E-state index contributed by atoms with van der Waals surface area (Å²) < 4.78 is 23.1. The second-order valence-corrected chi connectivity index (χ2v) is 19.0. The molecule has 0 spiro atoms. The zero-order valence-corrected chi connectivity index (χ0v) is 33.1. The van der Waals surface area contributed by atoms with Crippen molar-refractivity contribution in [1.29, 1.82) is 0 Å². The molecular weight excluding hydrogens is 598 g/mol. The first-order valence-electron chi connectivity index (χ1n) is 19.8. The van der Waals surface area contributed by atoms with Crippen LogP contribution in [0.4, 0.5) is 4.79 Å². The normalized spacial score (nSPS) is 33.3. The van der Waals surface area contributed by atoms with E-state index in [4.69, 9.17) is 18.9 Å². The number of allylic oxidation sites excluding steroid dienone is 1. The highest BCUT2D eigenvalue weighted by molar-refractivity contribution is 5.67. The average molecular weight is 674 g/mol. The van der Waals surface area contributed by atoms with E-state index in [1.807, 2.05) is 0 Å². The minimum atomic E-state index is -0.312. The van der Waals surface area contributed by atoms with Crippen molar-refractivity contribution < 1.29 is 23.7 Å². The minimum Gasteiger partial charge on any atom is -0.446 e. The number of hydrogen-bond acceptors (Lipinski definition) is 5. The fourth-order valence-corrected chi connectivity index (χ4v) is 11.0. The molecule has 0 saturated heterocycles. The van der Waals surface area contributed by atoms with Gasteiger partial charge < -0.3 is 24.3 Å². The Morgan fingerprint density at radius 1 is 1.00 bits per heavy atom. The zero-order valence-electron chi connectivity index (χ0n) is 33.1. The average Bonchev–Trinajstić information content (AvgIpc) is 3.37. The van der Waals surface area contributed by atoms with Crippen molar-refractivity contribution in [1.82, 2.24) is 5.32 Å². The van der Waals surface area contributed by atoms with E-state index >= 15 is 0 Å². The van der Waals surface area contributed by atoms with Crippen LogP contribution in [0.5, 0.6) is 0 Å². The molecular formula is C42H75NO5. The van der Waals surface area contributed by atoms with E-state index in [2.05, 4.69) is 73.7 Å².